The minimum Gasteiger partial charge on any atom is -0.495 e. The van der Waals surface area contributed by atoms with Crippen molar-refractivity contribution in [2.75, 3.05) is 12.4 Å². The van der Waals surface area contributed by atoms with E-state index in [-0.39, 0.29) is 0 Å². The standard InChI is InChI=1S/C16H15ClIN7O2/c1-9(14-21-8-22-25(14)15-19-4-3-5-20-15)23-16(26)24-12-7-13(27-2)10(17)6-11(12)18/h3-9H,1-2H3,(H2,23,24,26). The molecule has 3 aromatic rings. The van der Waals surface area contributed by atoms with Gasteiger partial charge in [0.15, 0.2) is 5.82 Å². The lowest BCUT2D eigenvalue weighted by Gasteiger charge is -2.16. The number of nitrogens with zero attached hydrogens (tertiary/aromatic N) is 5. The van der Waals surface area contributed by atoms with E-state index in [1.807, 2.05) is 0 Å². The first-order chi connectivity index (χ1) is 13.0. The Morgan fingerprint density at radius 1 is 1.30 bits per heavy atom. The van der Waals surface area contributed by atoms with Gasteiger partial charge in [0.2, 0.25) is 0 Å². The van der Waals surface area contributed by atoms with Crippen molar-refractivity contribution in [1.29, 1.82) is 0 Å². The van der Waals surface area contributed by atoms with Gasteiger partial charge < -0.3 is 15.4 Å². The number of hydrogen-bond acceptors (Lipinski definition) is 6. The minimum absolute atomic E-state index is 0.371. The Kier molecular flexibility index (Phi) is 6.06. The number of urea groups is 1. The summed E-state index contributed by atoms with van der Waals surface area (Å²) in [5, 5.41) is 10.2. The summed E-state index contributed by atoms with van der Waals surface area (Å²) in [6.07, 6.45) is 4.59. The Morgan fingerprint density at radius 3 is 2.74 bits per heavy atom. The number of carbonyl (C=O) groups excluding carboxylic acids is 1. The first kappa shape index (κ1) is 19.3. The number of benzene rings is 1. The molecule has 140 valence electrons. The molecule has 0 aliphatic rings. The van der Waals surface area contributed by atoms with Gasteiger partial charge in [-0.15, -0.1) is 0 Å². The van der Waals surface area contributed by atoms with E-state index in [2.05, 4.69) is 53.3 Å². The Balaban J connectivity index is 1.73. The summed E-state index contributed by atoms with van der Waals surface area (Å²) >= 11 is 8.16. The summed E-state index contributed by atoms with van der Waals surface area (Å²) in [5.74, 6) is 1.34. The molecular weight excluding hydrogens is 485 g/mol. The van der Waals surface area contributed by atoms with Gasteiger partial charge in [0, 0.05) is 22.0 Å². The summed E-state index contributed by atoms with van der Waals surface area (Å²) < 4.78 is 7.44. The number of hydrogen-bond donors (Lipinski definition) is 2. The number of ether oxygens (including phenoxy) is 1. The molecule has 0 spiro atoms. The first-order valence-corrected chi connectivity index (χ1v) is 9.23. The lowest BCUT2D eigenvalue weighted by atomic mass is 10.3. The van der Waals surface area contributed by atoms with Gasteiger partial charge in [-0.25, -0.2) is 19.7 Å². The zero-order chi connectivity index (χ0) is 19.4. The van der Waals surface area contributed by atoms with Gasteiger partial charge in [-0.1, -0.05) is 11.6 Å². The van der Waals surface area contributed by atoms with E-state index in [9.17, 15) is 4.79 Å². The lowest BCUT2D eigenvalue weighted by Crippen LogP contribution is -2.33. The van der Waals surface area contributed by atoms with Crippen LogP contribution >= 0.6 is 34.2 Å². The van der Waals surface area contributed by atoms with Crippen LogP contribution in [0, 0.1) is 3.57 Å². The normalized spacial score (nSPS) is 11.7. The lowest BCUT2D eigenvalue weighted by molar-refractivity contribution is 0.248. The van der Waals surface area contributed by atoms with Gasteiger partial charge >= 0.3 is 6.03 Å². The monoisotopic (exact) mass is 499 g/mol. The maximum Gasteiger partial charge on any atom is 0.319 e. The second-order valence-electron chi connectivity index (χ2n) is 5.37. The van der Waals surface area contributed by atoms with Crippen LogP contribution in [0.5, 0.6) is 5.75 Å². The first-order valence-electron chi connectivity index (χ1n) is 7.77. The van der Waals surface area contributed by atoms with Crippen LogP contribution in [0.15, 0.2) is 36.9 Å². The quantitative estimate of drug-likeness (QED) is 0.522. The summed E-state index contributed by atoms with van der Waals surface area (Å²) in [4.78, 5) is 24.9. The summed E-state index contributed by atoms with van der Waals surface area (Å²) in [6.45, 7) is 1.79. The number of carbonyl (C=O) groups is 1. The van der Waals surface area contributed by atoms with Crippen molar-refractivity contribution in [2.24, 2.45) is 0 Å². The van der Waals surface area contributed by atoms with E-state index >= 15 is 0 Å². The van der Waals surface area contributed by atoms with Crippen molar-refractivity contribution < 1.29 is 9.53 Å². The molecule has 2 amide bonds. The highest BCUT2D eigenvalue weighted by Crippen LogP contribution is 2.32. The van der Waals surface area contributed by atoms with Gasteiger partial charge in [-0.05, 0) is 41.6 Å². The fraction of sp³-hybridized carbons (Fsp3) is 0.188. The molecule has 0 saturated carbocycles. The maximum absolute atomic E-state index is 12.4. The average Bonchev–Trinajstić information content (AvgIpc) is 3.14. The van der Waals surface area contributed by atoms with E-state index in [1.54, 1.807) is 37.5 Å². The highest BCUT2D eigenvalue weighted by molar-refractivity contribution is 14.1. The highest BCUT2D eigenvalue weighted by atomic mass is 127. The van der Waals surface area contributed by atoms with Gasteiger partial charge in [0.25, 0.3) is 5.95 Å². The van der Waals surface area contributed by atoms with Crippen LogP contribution in [-0.2, 0) is 0 Å². The fourth-order valence-corrected chi connectivity index (χ4v) is 3.33. The molecule has 2 aromatic heterocycles. The van der Waals surface area contributed by atoms with Crippen LogP contribution in [0.25, 0.3) is 5.95 Å². The van der Waals surface area contributed by atoms with E-state index < -0.39 is 12.1 Å². The SMILES string of the molecule is COc1cc(NC(=O)NC(C)c2ncnn2-c2ncccn2)c(I)cc1Cl. The van der Waals surface area contributed by atoms with Crippen molar-refractivity contribution in [3.63, 3.8) is 0 Å². The molecule has 0 saturated heterocycles. The van der Waals surface area contributed by atoms with E-state index in [4.69, 9.17) is 16.3 Å². The predicted molar refractivity (Wildman–Crippen MR) is 108 cm³/mol. The molecule has 0 bridgehead atoms. The molecule has 0 aliphatic heterocycles. The molecule has 0 aliphatic carbocycles. The third-order valence-electron chi connectivity index (χ3n) is 3.54. The zero-order valence-electron chi connectivity index (χ0n) is 14.3. The van der Waals surface area contributed by atoms with Crippen LogP contribution in [-0.4, -0.2) is 37.9 Å². The number of nitrogens with one attached hydrogen (secondary N) is 2. The molecule has 9 nitrogen and oxygen atoms in total. The van der Waals surface area contributed by atoms with Gasteiger partial charge in [-0.3, -0.25) is 0 Å². The molecule has 3 rings (SSSR count). The Labute approximate surface area is 173 Å². The van der Waals surface area contributed by atoms with Crippen molar-refractivity contribution >= 4 is 45.9 Å². The number of anilines is 1. The second-order valence-corrected chi connectivity index (χ2v) is 6.93. The summed E-state index contributed by atoms with van der Waals surface area (Å²) in [5.41, 5.74) is 0.578. The average molecular weight is 500 g/mol. The predicted octanol–water partition coefficient (Wildman–Crippen LogP) is 3.21. The van der Waals surface area contributed by atoms with Gasteiger partial charge in [0.1, 0.15) is 12.1 Å². The van der Waals surface area contributed by atoms with Crippen molar-refractivity contribution in [3.05, 3.63) is 51.3 Å². The number of amides is 2. The van der Waals surface area contributed by atoms with Gasteiger partial charge in [0.05, 0.1) is 23.9 Å². The van der Waals surface area contributed by atoms with Crippen molar-refractivity contribution in [2.45, 2.75) is 13.0 Å². The Bertz CT molecular complexity index is 951. The van der Waals surface area contributed by atoms with Crippen LogP contribution in [0.1, 0.15) is 18.8 Å². The van der Waals surface area contributed by atoms with Crippen molar-refractivity contribution in [3.8, 4) is 11.7 Å². The molecule has 27 heavy (non-hydrogen) atoms. The number of halogens is 2. The summed E-state index contributed by atoms with van der Waals surface area (Å²) in [7, 11) is 1.51. The van der Waals surface area contributed by atoms with Crippen molar-refractivity contribution in [1.82, 2.24) is 30.0 Å². The number of methoxy groups -OCH3 is 1. The van der Waals surface area contributed by atoms with Crippen LogP contribution < -0.4 is 15.4 Å². The molecule has 1 unspecified atom stereocenters. The number of aromatic nitrogens is 5. The molecule has 11 heteroatoms. The third-order valence-corrected chi connectivity index (χ3v) is 4.73. The molecule has 0 fully saturated rings. The Hall–Kier alpha value is -2.47. The van der Waals surface area contributed by atoms with Crippen LogP contribution in [0.4, 0.5) is 10.5 Å². The van der Waals surface area contributed by atoms with E-state index in [1.165, 1.54) is 18.1 Å². The molecule has 1 atom stereocenters. The van der Waals surface area contributed by atoms with Crippen LogP contribution in [0.2, 0.25) is 5.02 Å². The fourth-order valence-electron chi connectivity index (χ4n) is 2.30. The molecule has 1 aromatic carbocycles. The molecular formula is C16H15ClIN7O2. The van der Waals surface area contributed by atoms with E-state index in [0.29, 0.717) is 28.2 Å². The molecule has 2 heterocycles. The largest absolute Gasteiger partial charge is 0.495 e. The molecule has 2 N–H and O–H groups in total. The summed E-state index contributed by atoms with van der Waals surface area (Å²) in [6, 6.07) is 4.23. The zero-order valence-corrected chi connectivity index (χ0v) is 17.3. The van der Waals surface area contributed by atoms with E-state index in [0.717, 1.165) is 3.57 Å². The maximum atomic E-state index is 12.4. The van der Waals surface area contributed by atoms with Gasteiger partial charge in [-0.2, -0.15) is 9.78 Å². The van der Waals surface area contributed by atoms with Crippen LogP contribution in [0.3, 0.4) is 0 Å². The number of rotatable bonds is 5. The molecule has 0 radical (unpaired) electrons. The topological polar surface area (TPSA) is 107 Å². The minimum atomic E-state index is -0.442. The second kappa shape index (κ2) is 8.48. The smallest absolute Gasteiger partial charge is 0.319 e. The highest BCUT2D eigenvalue weighted by Gasteiger charge is 2.19. The Morgan fingerprint density at radius 2 is 2.04 bits per heavy atom. The third kappa shape index (κ3) is 4.45.